The highest BCUT2D eigenvalue weighted by Crippen LogP contribution is 2.30. The Bertz CT molecular complexity index is 797. The zero-order valence-corrected chi connectivity index (χ0v) is 14.3. The summed E-state index contributed by atoms with van der Waals surface area (Å²) in [6.07, 6.45) is 5.23. The van der Waals surface area contributed by atoms with E-state index >= 15 is 0 Å². The van der Waals surface area contributed by atoms with Crippen LogP contribution in [-0.4, -0.2) is 18.4 Å². The topological polar surface area (TPSA) is 62.6 Å². The van der Waals surface area contributed by atoms with Crippen LogP contribution in [-0.2, 0) is 22.4 Å². The monoisotopic (exact) mass is 338 g/mol. The number of nitrogens with zero attached hydrogens (tertiary/aromatic N) is 1. The number of aryl methyl sites for hydroxylation is 2. The normalized spacial score (nSPS) is 20.6. The molecule has 1 aliphatic carbocycles. The van der Waals surface area contributed by atoms with E-state index < -0.39 is 0 Å². The third kappa shape index (κ3) is 3.06. The first-order valence-electron chi connectivity index (χ1n) is 8.88. The predicted molar refractivity (Wildman–Crippen MR) is 94.2 cm³/mol. The van der Waals surface area contributed by atoms with Crippen molar-refractivity contribution in [2.45, 2.75) is 38.6 Å². The summed E-state index contributed by atoms with van der Waals surface area (Å²) in [5, 5.41) is 2.95. The highest BCUT2D eigenvalue weighted by atomic mass is 16.3. The summed E-state index contributed by atoms with van der Waals surface area (Å²) in [5.41, 5.74) is 3.64. The Hall–Kier alpha value is -2.56. The van der Waals surface area contributed by atoms with Gasteiger partial charge >= 0.3 is 0 Å². The summed E-state index contributed by atoms with van der Waals surface area (Å²) in [7, 11) is 0. The average molecular weight is 338 g/mol. The lowest BCUT2D eigenvalue weighted by atomic mass is 10.1. The molecular formula is C20H22N2O3. The van der Waals surface area contributed by atoms with Gasteiger partial charge in [0.1, 0.15) is 5.76 Å². The fourth-order valence-corrected chi connectivity index (χ4v) is 3.80. The summed E-state index contributed by atoms with van der Waals surface area (Å²) in [4.78, 5) is 26.7. The molecule has 0 bridgehead atoms. The van der Waals surface area contributed by atoms with Crippen molar-refractivity contribution in [3.05, 3.63) is 53.5 Å². The Morgan fingerprint density at radius 1 is 1.28 bits per heavy atom. The molecule has 1 fully saturated rings. The second kappa shape index (κ2) is 6.39. The molecule has 1 saturated heterocycles. The minimum Gasteiger partial charge on any atom is -0.467 e. The highest BCUT2D eigenvalue weighted by Gasteiger charge is 2.36. The number of carbonyl (C=O) groups is 2. The Balaban J connectivity index is 1.44. The van der Waals surface area contributed by atoms with Crippen LogP contribution in [0.4, 0.5) is 5.69 Å². The second-order valence-electron chi connectivity index (χ2n) is 6.96. The number of hydrogen-bond acceptors (Lipinski definition) is 3. The van der Waals surface area contributed by atoms with E-state index in [0.717, 1.165) is 18.5 Å². The van der Waals surface area contributed by atoms with Crippen molar-refractivity contribution in [1.82, 2.24) is 5.32 Å². The molecule has 1 aliphatic heterocycles. The molecule has 0 unspecified atom stereocenters. The van der Waals surface area contributed by atoms with Crippen LogP contribution in [0.1, 0.15) is 42.7 Å². The summed E-state index contributed by atoms with van der Waals surface area (Å²) in [6.45, 7) is 2.32. The van der Waals surface area contributed by atoms with Crippen LogP contribution in [0.5, 0.6) is 0 Å². The standard InChI is InChI=1S/C20H22N2O3/c1-13(18-6-3-9-25-18)21-20(24)16-11-19(23)22(12-16)17-8-7-14-4-2-5-15(14)10-17/h3,6-10,13,16H,2,4-5,11-12H2,1H3,(H,21,24)/t13-,16+/m1/s1. The van der Waals surface area contributed by atoms with Gasteiger partial charge in [0, 0.05) is 18.7 Å². The maximum absolute atomic E-state index is 12.5. The van der Waals surface area contributed by atoms with Crippen molar-refractivity contribution in [3.63, 3.8) is 0 Å². The summed E-state index contributed by atoms with van der Waals surface area (Å²) in [6, 6.07) is 9.68. The zero-order valence-electron chi connectivity index (χ0n) is 14.3. The number of rotatable bonds is 4. The van der Waals surface area contributed by atoms with Gasteiger partial charge in [-0.15, -0.1) is 0 Å². The number of carbonyl (C=O) groups excluding carboxylic acids is 2. The van der Waals surface area contributed by atoms with Gasteiger partial charge in [-0.3, -0.25) is 9.59 Å². The van der Waals surface area contributed by atoms with Gasteiger partial charge in [-0.05, 0) is 61.6 Å². The fourth-order valence-electron chi connectivity index (χ4n) is 3.80. The van der Waals surface area contributed by atoms with Crippen LogP contribution in [0.15, 0.2) is 41.0 Å². The van der Waals surface area contributed by atoms with E-state index in [-0.39, 0.29) is 30.2 Å². The van der Waals surface area contributed by atoms with Gasteiger partial charge in [0.2, 0.25) is 11.8 Å². The number of benzene rings is 1. The number of anilines is 1. The van der Waals surface area contributed by atoms with Crippen LogP contribution in [0.25, 0.3) is 0 Å². The van der Waals surface area contributed by atoms with Crippen molar-refractivity contribution in [1.29, 1.82) is 0 Å². The van der Waals surface area contributed by atoms with Gasteiger partial charge in [-0.2, -0.15) is 0 Å². The zero-order chi connectivity index (χ0) is 17.4. The lowest BCUT2D eigenvalue weighted by Crippen LogP contribution is -2.34. The SMILES string of the molecule is C[C@@H](NC(=O)[C@H]1CC(=O)N(c2ccc3c(c2)CCC3)C1)c1ccco1. The van der Waals surface area contributed by atoms with E-state index in [4.69, 9.17) is 4.42 Å². The molecule has 2 aromatic rings. The molecule has 4 rings (SSSR count). The quantitative estimate of drug-likeness (QED) is 0.932. The third-order valence-corrected chi connectivity index (χ3v) is 5.22. The van der Waals surface area contributed by atoms with Gasteiger partial charge in [-0.1, -0.05) is 6.07 Å². The molecule has 1 aromatic carbocycles. The Kier molecular flexibility index (Phi) is 4.07. The smallest absolute Gasteiger partial charge is 0.227 e. The van der Waals surface area contributed by atoms with Crippen molar-refractivity contribution in [3.8, 4) is 0 Å². The lowest BCUT2D eigenvalue weighted by Gasteiger charge is -2.18. The maximum atomic E-state index is 12.5. The first-order chi connectivity index (χ1) is 12.1. The number of nitrogens with one attached hydrogen (secondary N) is 1. The van der Waals surface area contributed by atoms with Crippen molar-refractivity contribution < 1.29 is 14.0 Å². The average Bonchev–Trinajstić information content (AvgIpc) is 3.34. The number of hydrogen-bond donors (Lipinski definition) is 1. The molecule has 2 heterocycles. The van der Waals surface area contributed by atoms with E-state index in [9.17, 15) is 9.59 Å². The minimum atomic E-state index is -0.321. The molecule has 1 aromatic heterocycles. The molecule has 2 atom stereocenters. The molecule has 5 heteroatoms. The van der Waals surface area contributed by atoms with Gasteiger partial charge in [0.05, 0.1) is 18.2 Å². The van der Waals surface area contributed by atoms with E-state index in [1.165, 1.54) is 17.5 Å². The van der Waals surface area contributed by atoms with Crippen molar-refractivity contribution >= 4 is 17.5 Å². The van der Waals surface area contributed by atoms with Crippen LogP contribution >= 0.6 is 0 Å². The Morgan fingerprint density at radius 3 is 2.92 bits per heavy atom. The summed E-state index contributed by atoms with van der Waals surface area (Å²) < 4.78 is 5.32. The Labute approximate surface area is 147 Å². The molecule has 130 valence electrons. The number of amides is 2. The van der Waals surface area contributed by atoms with E-state index in [0.29, 0.717) is 12.3 Å². The largest absolute Gasteiger partial charge is 0.467 e. The van der Waals surface area contributed by atoms with E-state index in [2.05, 4.69) is 17.4 Å². The molecule has 1 N–H and O–H groups in total. The molecule has 0 spiro atoms. The molecular weight excluding hydrogens is 316 g/mol. The first kappa shape index (κ1) is 15.9. The highest BCUT2D eigenvalue weighted by molar-refractivity contribution is 6.00. The van der Waals surface area contributed by atoms with Crippen molar-refractivity contribution in [2.24, 2.45) is 5.92 Å². The van der Waals surface area contributed by atoms with Crippen LogP contribution in [0.3, 0.4) is 0 Å². The van der Waals surface area contributed by atoms with Gasteiger partial charge < -0.3 is 14.6 Å². The Morgan fingerprint density at radius 2 is 2.12 bits per heavy atom. The maximum Gasteiger partial charge on any atom is 0.227 e. The second-order valence-corrected chi connectivity index (χ2v) is 6.96. The van der Waals surface area contributed by atoms with Crippen LogP contribution < -0.4 is 10.2 Å². The van der Waals surface area contributed by atoms with Gasteiger partial charge in [-0.25, -0.2) is 0 Å². The predicted octanol–water partition coefficient (Wildman–Crippen LogP) is 3.00. The number of furan rings is 1. The first-order valence-corrected chi connectivity index (χ1v) is 8.88. The molecule has 5 nitrogen and oxygen atoms in total. The van der Waals surface area contributed by atoms with Crippen LogP contribution in [0, 0.1) is 5.92 Å². The van der Waals surface area contributed by atoms with E-state index in [1.807, 2.05) is 19.1 Å². The number of fused-ring (bicyclic) bond motifs is 1. The minimum absolute atomic E-state index is 0.0174. The van der Waals surface area contributed by atoms with Gasteiger partial charge in [0.25, 0.3) is 0 Å². The molecule has 0 radical (unpaired) electrons. The fraction of sp³-hybridized carbons (Fsp3) is 0.400. The summed E-state index contributed by atoms with van der Waals surface area (Å²) in [5.74, 6) is 0.316. The molecule has 2 aliphatic rings. The van der Waals surface area contributed by atoms with Crippen LogP contribution in [0.2, 0.25) is 0 Å². The van der Waals surface area contributed by atoms with Gasteiger partial charge in [0.15, 0.2) is 0 Å². The third-order valence-electron chi connectivity index (χ3n) is 5.22. The lowest BCUT2D eigenvalue weighted by molar-refractivity contribution is -0.127. The molecule has 2 amide bonds. The summed E-state index contributed by atoms with van der Waals surface area (Å²) >= 11 is 0. The van der Waals surface area contributed by atoms with E-state index in [1.54, 1.807) is 17.2 Å². The molecule has 25 heavy (non-hydrogen) atoms. The van der Waals surface area contributed by atoms with Crippen molar-refractivity contribution in [2.75, 3.05) is 11.4 Å². The molecule has 0 saturated carbocycles.